The van der Waals surface area contributed by atoms with Crippen LogP contribution in [0.5, 0.6) is 0 Å². The number of nitrogens with one attached hydrogen (secondary N) is 1. The number of nitrogens with two attached hydrogens (primary N) is 1. The highest BCUT2D eigenvalue weighted by Gasteiger charge is 2.16. The minimum Gasteiger partial charge on any atom is -0.351 e. The molecule has 1 fully saturated rings. The van der Waals surface area contributed by atoms with Crippen LogP contribution in [0.4, 0.5) is 0 Å². The van der Waals surface area contributed by atoms with E-state index in [0.29, 0.717) is 21.4 Å². The Morgan fingerprint density at radius 1 is 1.55 bits per heavy atom. The minimum absolute atomic E-state index is 0.0854. The van der Waals surface area contributed by atoms with Crippen molar-refractivity contribution in [2.45, 2.75) is 18.1 Å². The van der Waals surface area contributed by atoms with Crippen LogP contribution in [0.25, 0.3) is 0 Å². The van der Waals surface area contributed by atoms with Crippen molar-refractivity contribution < 1.29 is 4.79 Å². The lowest BCUT2D eigenvalue weighted by Crippen LogP contribution is -2.29. The van der Waals surface area contributed by atoms with Crippen LogP contribution in [0.15, 0.2) is 18.2 Å². The fraction of sp³-hybridized carbons (Fsp3) is 0.400. The molecule has 0 bridgehead atoms. The van der Waals surface area contributed by atoms with Crippen LogP contribution >= 0.6 is 23.4 Å². The van der Waals surface area contributed by atoms with E-state index in [9.17, 15) is 4.79 Å². The van der Waals surface area contributed by atoms with Gasteiger partial charge >= 0.3 is 0 Å². The summed E-state index contributed by atoms with van der Waals surface area (Å²) in [6.45, 7) is 1.01. The van der Waals surface area contributed by atoms with E-state index in [2.05, 4.69) is 17.2 Å². The molecule has 0 aromatic heterocycles. The quantitative estimate of drug-likeness (QED) is 0.842. The van der Waals surface area contributed by atoms with Gasteiger partial charge in [-0.1, -0.05) is 23.4 Å². The summed E-state index contributed by atoms with van der Waals surface area (Å²) in [5.74, 6) is 6.73. The first kappa shape index (κ1) is 15.2. The van der Waals surface area contributed by atoms with Gasteiger partial charge in [-0.25, -0.2) is 0 Å². The van der Waals surface area contributed by atoms with Gasteiger partial charge in [0.25, 0.3) is 5.91 Å². The molecule has 1 atom stereocenters. The number of rotatable bonds is 3. The summed E-state index contributed by atoms with van der Waals surface area (Å²) in [7, 11) is 0. The number of carbonyl (C=O) groups is 1. The molecule has 1 heterocycles. The van der Waals surface area contributed by atoms with Gasteiger partial charge in [0.1, 0.15) is 0 Å². The highest BCUT2D eigenvalue weighted by Crippen LogP contribution is 2.25. The Hall–Kier alpha value is -1.15. The number of thioether (sulfide) groups is 1. The second-order valence-electron chi connectivity index (χ2n) is 4.55. The molecule has 3 nitrogen and oxygen atoms in total. The Balaban J connectivity index is 1.97. The maximum Gasteiger partial charge on any atom is 0.251 e. The zero-order valence-electron chi connectivity index (χ0n) is 11.1. The molecule has 1 aliphatic heterocycles. The summed E-state index contributed by atoms with van der Waals surface area (Å²) in [5.41, 5.74) is 6.58. The van der Waals surface area contributed by atoms with Gasteiger partial charge in [0.05, 0.1) is 11.6 Å². The molecule has 1 aliphatic rings. The standard InChI is InChI=1S/C15H17ClN2OS/c16-14-9-12(6-5-11(14)3-1-7-17)15(19)18-10-13-4-2-8-20-13/h5-6,9,13H,2,4,7-8,10,17H2,(H,18,19). The second kappa shape index (κ2) is 7.58. The Labute approximate surface area is 128 Å². The van der Waals surface area contributed by atoms with Crippen molar-refractivity contribution in [2.24, 2.45) is 5.73 Å². The third-order valence-corrected chi connectivity index (χ3v) is 4.78. The van der Waals surface area contributed by atoms with E-state index in [0.717, 1.165) is 6.54 Å². The number of carbonyl (C=O) groups excluding carboxylic acids is 1. The van der Waals surface area contributed by atoms with Crippen LogP contribution in [-0.2, 0) is 0 Å². The van der Waals surface area contributed by atoms with Gasteiger partial charge in [-0.15, -0.1) is 0 Å². The van der Waals surface area contributed by atoms with Gasteiger partial charge < -0.3 is 11.1 Å². The Bertz CT molecular complexity index is 545. The van der Waals surface area contributed by atoms with E-state index in [1.807, 2.05) is 11.8 Å². The Kier molecular flexibility index (Phi) is 5.78. The molecule has 20 heavy (non-hydrogen) atoms. The van der Waals surface area contributed by atoms with Crippen LogP contribution in [0.2, 0.25) is 5.02 Å². The van der Waals surface area contributed by atoms with Crippen molar-refractivity contribution in [1.29, 1.82) is 0 Å². The number of amides is 1. The lowest BCUT2D eigenvalue weighted by molar-refractivity contribution is 0.0953. The predicted molar refractivity (Wildman–Crippen MR) is 85.2 cm³/mol. The van der Waals surface area contributed by atoms with Gasteiger partial charge in [0, 0.05) is 22.9 Å². The third kappa shape index (κ3) is 4.17. The SMILES string of the molecule is NCC#Cc1ccc(C(=O)NCC2CCCS2)cc1Cl. The summed E-state index contributed by atoms with van der Waals surface area (Å²) < 4.78 is 0. The molecule has 0 radical (unpaired) electrons. The minimum atomic E-state index is -0.0854. The van der Waals surface area contributed by atoms with Crippen molar-refractivity contribution in [3.05, 3.63) is 34.3 Å². The summed E-state index contributed by atoms with van der Waals surface area (Å²) in [5, 5.41) is 3.98. The van der Waals surface area contributed by atoms with Crippen molar-refractivity contribution in [3.8, 4) is 11.8 Å². The van der Waals surface area contributed by atoms with Crippen LogP contribution in [0, 0.1) is 11.8 Å². The molecule has 106 valence electrons. The largest absolute Gasteiger partial charge is 0.351 e. The normalized spacial score (nSPS) is 17.4. The number of hydrogen-bond acceptors (Lipinski definition) is 3. The molecule has 0 saturated carbocycles. The van der Waals surface area contributed by atoms with Crippen molar-refractivity contribution in [1.82, 2.24) is 5.32 Å². The Morgan fingerprint density at radius 2 is 2.40 bits per heavy atom. The molecule has 2 rings (SSSR count). The van der Waals surface area contributed by atoms with Crippen LogP contribution in [0.1, 0.15) is 28.8 Å². The van der Waals surface area contributed by atoms with Gasteiger partial charge in [-0.2, -0.15) is 11.8 Å². The average Bonchev–Trinajstić information content (AvgIpc) is 2.96. The predicted octanol–water partition coefficient (Wildman–Crippen LogP) is 2.28. The van der Waals surface area contributed by atoms with Crippen molar-refractivity contribution in [2.75, 3.05) is 18.8 Å². The Morgan fingerprint density at radius 3 is 3.05 bits per heavy atom. The molecule has 0 spiro atoms. The van der Waals surface area contributed by atoms with Gasteiger partial charge in [0.15, 0.2) is 0 Å². The van der Waals surface area contributed by atoms with E-state index in [1.54, 1.807) is 18.2 Å². The number of halogens is 1. The molecular formula is C15H17ClN2OS. The maximum atomic E-state index is 12.0. The fourth-order valence-electron chi connectivity index (χ4n) is 2.02. The third-order valence-electron chi connectivity index (χ3n) is 3.07. The highest BCUT2D eigenvalue weighted by atomic mass is 35.5. The first-order valence-electron chi connectivity index (χ1n) is 6.59. The molecule has 1 unspecified atom stereocenters. The molecule has 1 aromatic carbocycles. The molecule has 1 aromatic rings. The van der Waals surface area contributed by atoms with E-state index >= 15 is 0 Å². The van der Waals surface area contributed by atoms with E-state index in [-0.39, 0.29) is 12.5 Å². The summed E-state index contributed by atoms with van der Waals surface area (Å²) in [4.78, 5) is 12.0. The highest BCUT2D eigenvalue weighted by molar-refractivity contribution is 8.00. The topological polar surface area (TPSA) is 55.1 Å². The van der Waals surface area contributed by atoms with E-state index < -0.39 is 0 Å². The molecule has 1 amide bonds. The van der Waals surface area contributed by atoms with Crippen LogP contribution < -0.4 is 11.1 Å². The lowest BCUT2D eigenvalue weighted by atomic mass is 10.1. The van der Waals surface area contributed by atoms with E-state index in [1.165, 1.54) is 18.6 Å². The maximum absolute atomic E-state index is 12.0. The van der Waals surface area contributed by atoms with Crippen LogP contribution in [0.3, 0.4) is 0 Å². The molecular weight excluding hydrogens is 292 g/mol. The number of hydrogen-bond donors (Lipinski definition) is 2. The second-order valence-corrected chi connectivity index (χ2v) is 6.36. The van der Waals surface area contributed by atoms with Gasteiger partial charge in [0.2, 0.25) is 0 Å². The van der Waals surface area contributed by atoms with Gasteiger partial charge in [-0.05, 0) is 36.8 Å². The van der Waals surface area contributed by atoms with Crippen LogP contribution in [-0.4, -0.2) is 30.0 Å². The summed E-state index contributed by atoms with van der Waals surface area (Å²) >= 11 is 8.03. The average molecular weight is 309 g/mol. The summed E-state index contributed by atoms with van der Waals surface area (Å²) in [6, 6.07) is 5.15. The monoisotopic (exact) mass is 308 g/mol. The molecule has 1 saturated heterocycles. The zero-order chi connectivity index (χ0) is 14.4. The fourth-order valence-corrected chi connectivity index (χ4v) is 3.45. The van der Waals surface area contributed by atoms with Crippen molar-refractivity contribution in [3.63, 3.8) is 0 Å². The van der Waals surface area contributed by atoms with Crippen molar-refractivity contribution >= 4 is 29.3 Å². The van der Waals surface area contributed by atoms with E-state index in [4.69, 9.17) is 17.3 Å². The van der Waals surface area contributed by atoms with Gasteiger partial charge in [-0.3, -0.25) is 4.79 Å². The molecule has 0 aliphatic carbocycles. The molecule has 3 N–H and O–H groups in total. The number of benzene rings is 1. The zero-order valence-corrected chi connectivity index (χ0v) is 12.7. The first-order chi connectivity index (χ1) is 9.70. The lowest BCUT2D eigenvalue weighted by Gasteiger charge is -2.10. The smallest absolute Gasteiger partial charge is 0.251 e. The summed E-state index contributed by atoms with van der Waals surface area (Å²) in [6.07, 6.45) is 2.42. The molecule has 5 heteroatoms. The first-order valence-corrected chi connectivity index (χ1v) is 8.01.